The van der Waals surface area contributed by atoms with Crippen molar-refractivity contribution in [3.8, 4) is 0 Å². The zero-order valence-electron chi connectivity index (χ0n) is 12.3. The molecule has 2 N–H and O–H groups in total. The molecule has 0 bridgehead atoms. The van der Waals surface area contributed by atoms with Crippen LogP contribution in [0.15, 0.2) is 42.9 Å². The first-order valence-corrected chi connectivity index (χ1v) is 6.84. The van der Waals surface area contributed by atoms with Crippen LogP contribution < -0.4 is 10.6 Å². The summed E-state index contributed by atoms with van der Waals surface area (Å²) in [5.74, 6) is 0.577. The van der Waals surface area contributed by atoms with Gasteiger partial charge in [0.25, 0.3) is 0 Å². The summed E-state index contributed by atoms with van der Waals surface area (Å²) < 4.78 is 0. The number of pyridine rings is 1. The third-order valence-electron chi connectivity index (χ3n) is 3.22. The normalized spacial score (nSPS) is 10.5. The van der Waals surface area contributed by atoms with E-state index in [1.165, 1.54) is 13.3 Å². The second kappa shape index (κ2) is 5.77. The Labute approximate surface area is 127 Å². The molecule has 3 rings (SSSR count). The minimum absolute atomic E-state index is 0.105. The Morgan fingerprint density at radius 3 is 2.82 bits per heavy atom. The largest absolute Gasteiger partial charge is 0.339 e. The zero-order valence-corrected chi connectivity index (χ0v) is 12.3. The van der Waals surface area contributed by atoms with E-state index in [9.17, 15) is 4.79 Å². The molecule has 0 radical (unpaired) electrons. The molecule has 0 spiro atoms. The summed E-state index contributed by atoms with van der Waals surface area (Å²) in [6.07, 6.45) is 3.17. The lowest BCUT2D eigenvalue weighted by molar-refractivity contribution is -0.114. The van der Waals surface area contributed by atoms with E-state index in [0.29, 0.717) is 11.5 Å². The highest BCUT2D eigenvalue weighted by Gasteiger charge is 2.07. The van der Waals surface area contributed by atoms with Crippen LogP contribution in [0.25, 0.3) is 11.0 Å². The Bertz CT molecular complexity index is 842. The van der Waals surface area contributed by atoms with Crippen molar-refractivity contribution in [3.05, 3.63) is 48.4 Å². The summed E-state index contributed by atoms with van der Waals surface area (Å²) in [6.45, 7) is 3.47. The number of carbonyl (C=O) groups excluding carboxylic acids is 1. The predicted molar refractivity (Wildman–Crippen MR) is 86.1 cm³/mol. The van der Waals surface area contributed by atoms with E-state index in [1.807, 2.05) is 37.3 Å². The highest BCUT2D eigenvalue weighted by Crippen LogP contribution is 2.26. The number of amides is 1. The fraction of sp³-hybridized carbons (Fsp3) is 0.125. The molecule has 1 amide bonds. The minimum Gasteiger partial charge on any atom is -0.339 e. The standard InChI is InChI=1S/C16H15N5O/c1-10-5-6-12(20-11(2)22)8-14(10)21-16-13-4-3-7-17-15(13)18-9-19-16/h3-9H,1-2H3,(H,20,22)(H,17,18,19,21). The molecule has 0 saturated carbocycles. The third kappa shape index (κ3) is 2.85. The minimum atomic E-state index is -0.105. The molecular formula is C16H15N5O. The van der Waals surface area contributed by atoms with Crippen LogP contribution in [0, 0.1) is 6.92 Å². The predicted octanol–water partition coefficient (Wildman–Crippen LogP) is 3.04. The van der Waals surface area contributed by atoms with Gasteiger partial charge in [-0.15, -0.1) is 0 Å². The number of nitrogens with zero attached hydrogens (tertiary/aromatic N) is 3. The molecule has 0 aliphatic carbocycles. The number of aromatic nitrogens is 3. The van der Waals surface area contributed by atoms with Crippen LogP contribution in [-0.2, 0) is 4.79 Å². The van der Waals surface area contributed by atoms with Gasteiger partial charge in [-0.3, -0.25) is 4.79 Å². The maximum Gasteiger partial charge on any atom is 0.221 e. The molecule has 2 heterocycles. The van der Waals surface area contributed by atoms with Crippen molar-refractivity contribution in [1.82, 2.24) is 15.0 Å². The molecule has 0 aliphatic rings. The number of carbonyl (C=O) groups is 1. The van der Waals surface area contributed by atoms with Gasteiger partial charge in [0.15, 0.2) is 5.65 Å². The summed E-state index contributed by atoms with van der Waals surface area (Å²) >= 11 is 0. The summed E-state index contributed by atoms with van der Waals surface area (Å²) in [4.78, 5) is 23.8. The first-order chi connectivity index (χ1) is 10.6. The Morgan fingerprint density at radius 1 is 1.14 bits per heavy atom. The van der Waals surface area contributed by atoms with E-state index < -0.39 is 0 Å². The number of aryl methyl sites for hydroxylation is 1. The lowest BCUT2D eigenvalue weighted by Gasteiger charge is -2.12. The van der Waals surface area contributed by atoms with Crippen molar-refractivity contribution in [2.45, 2.75) is 13.8 Å². The second-order valence-corrected chi connectivity index (χ2v) is 4.93. The highest BCUT2D eigenvalue weighted by molar-refractivity contribution is 5.91. The van der Waals surface area contributed by atoms with E-state index in [4.69, 9.17) is 0 Å². The van der Waals surface area contributed by atoms with Crippen molar-refractivity contribution in [2.24, 2.45) is 0 Å². The summed E-state index contributed by atoms with van der Waals surface area (Å²) in [5, 5.41) is 6.90. The Hall–Kier alpha value is -3.02. The molecule has 110 valence electrons. The van der Waals surface area contributed by atoms with Gasteiger partial charge in [0, 0.05) is 24.5 Å². The highest BCUT2D eigenvalue weighted by atomic mass is 16.1. The average molecular weight is 293 g/mol. The molecule has 0 saturated heterocycles. The van der Waals surface area contributed by atoms with Gasteiger partial charge in [-0.05, 0) is 36.8 Å². The lowest BCUT2D eigenvalue weighted by atomic mass is 10.1. The number of benzene rings is 1. The van der Waals surface area contributed by atoms with Crippen LogP contribution in [0.2, 0.25) is 0 Å². The maximum absolute atomic E-state index is 11.2. The Morgan fingerprint density at radius 2 is 2.00 bits per heavy atom. The van der Waals surface area contributed by atoms with E-state index in [-0.39, 0.29) is 5.91 Å². The molecule has 6 heteroatoms. The van der Waals surface area contributed by atoms with Crippen molar-refractivity contribution >= 4 is 34.1 Å². The van der Waals surface area contributed by atoms with E-state index in [1.54, 1.807) is 6.20 Å². The fourth-order valence-corrected chi connectivity index (χ4v) is 2.16. The Balaban J connectivity index is 1.99. The average Bonchev–Trinajstić information content (AvgIpc) is 2.50. The molecule has 3 aromatic rings. The van der Waals surface area contributed by atoms with E-state index in [0.717, 1.165) is 22.3 Å². The molecule has 0 fully saturated rings. The first kappa shape index (κ1) is 13.9. The van der Waals surface area contributed by atoms with Gasteiger partial charge in [-0.25, -0.2) is 15.0 Å². The quantitative estimate of drug-likeness (QED) is 0.776. The molecule has 22 heavy (non-hydrogen) atoms. The monoisotopic (exact) mass is 293 g/mol. The van der Waals surface area contributed by atoms with Gasteiger partial charge < -0.3 is 10.6 Å². The molecular weight excluding hydrogens is 278 g/mol. The van der Waals surface area contributed by atoms with Gasteiger partial charge in [-0.1, -0.05) is 6.07 Å². The zero-order chi connectivity index (χ0) is 15.5. The summed E-state index contributed by atoms with van der Waals surface area (Å²) in [5.41, 5.74) is 3.28. The maximum atomic E-state index is 11.2. The summed E-state index contributed by atoms with van der Waals surface area (Å²) in [7, 11) is 0. The molecule has 6 nitrogen and oxygen atoms in total. The van der Waals surface area contributed by atoms with Crippen LogP contribution in [0.3, 0.4) is 0 Å². The van der Waals surface area contributed by atoms with Gasteiger partial charge >= 0.3 is 0 Å². The number of hydrogen-bond donors (Lipinski definition) is 2. The van der Waals surface area contributed by atoms with Crippen LogP contribution >= 0.6 is 0 Å². The van der Waals surface area contributed by atoms with E-state index in [2.05, 4.69) is 25.6 Å². The van der Waals surface area contributed by atoms with Crippen molar-refractivity contribution in [2.75, 3.05) is 10.6 Å². The van der Waals surface area contributed by atoms with E-state index >= 15 is 0 Å². The number of anilines is 3. The summed E-state index contributed by atoms with van der Waals surface area (Å²) in [6, 6.07) is 9.44. The van der Waals surface area contributed by atoms with Gasteiger partial charge in [-0.2, -0.15) is 0 Å². The van der Waals surface area contributed by atoms with Crippen LogP contribution in [-0.4, -0.2) is 20.9 Å². The van der Waals surface area contributed by atoms with Crippen molar-refractivity contribution < 1.29 is 4.79 Å². The third-order valence-corrected chi connectivity index (χ3v) is 3.22. The molecule has 1 aromatic carbocycles. The van der Waals surface area contributed by atoms with Crippen molar-refractivity contribution in [1.29, 1.82) is 0 Å². The SMILES string of the molecule is CC(=O)Nc1ccc(C)c(Nc2ncnc3ncccc23)c1. The van der Waals surface area contributed by atoms with Crippen LogP contribution in [0.4, 0.5) is 17.2 Å². The Kier molecular flexibility index (Phi) is 3.65. The number of nitrogens with one attached hydrogen (secondary N) is 2. The smallest absolute Gasteiger partial charge is 0.221 e. The van der Waals surface area contributed by atoms with Gasteiger partial charge in [0.2, 0.25) is 5.91 Å². The van der Waals surface area contributed by atoms with Gasteiger partial charge in [0.05, 0.1) is 5.39 Å². The number of fused-ring (bicyclic) bond motifs is 1. The second-order valence-electron chi connectivity index (χ2n) is 4.93. The van der Waals surface area contributed by atoms with Gasteiger partial charge in [0.1, 0.15) is 12.1 Å². The fourth-order valence-electron chi connectivity index (χ4n) is 2.16. The topological polar surface area (TPSA) is 79.8 Å². The molecule has 0 aliphatic heterocycles. The number of hydrogen-bond acceptors (Lipinski definition) is 5. The van der Waals surface area contributed by atoms with Crippen molar-refractivity contribution in [3.63, 3.8) is 0 Å². The lowest BCUT2D eigenvalue weighted by Crippen LogP contribution is -2.06. The number of rotatable bonds is 3. The first-order valence-electron chi connectivity index (χ1n) is 6.84. The molecule has 0 atom stereocenters. The van der Waals surface area contributed by atoms with Crippen LogP contribution in [0.5, 0.6) is 0 Å². The molecule has 0 unspecified atom stereocenters. The molecule has 2 aromatic heterocycles. The van der Waals surface area contributed by atoms with Crippen LogP contribution in [0.1, 0.15) is 12.5 Å².